The summed E-state index contributed by atoms with van der Waals surface area (Å²) in [7, 11) is 0. The van der Waals surface area contributed by atoms with Crippen LogP contribution in [0.2, 0.25) is 0 Å². The summed E-state index contributed by atoms with van der Waals surface area (Å²) in [4.78, 5) is 54.9. The molecule has 6 nitrogen and oxygen atoms in total. The Morgan fingerprint density at radius 3 is 2.22 bits per heavy atom. The molecule has 1 aliphatic heterocycles. The van der Waals surface area contributed by atoms with Gasteiger partial charge < -0.3 is 5.11 Å². The predicted octanol–water partition coefficient (Wildman–Crippen LogP) is 6.79. The molecule has 4 atom stereocenters. The van der Waals surface area contributed by atoms with Gasteiger partial charge in [0.25, 0.3) is 0 Å². The van der Waals surface area contributed by atoms with Crippen molar-refractivity contribution in [3.8, 4) is 5.75 Å². The first kappa shape index (κ1) is 31.3. The van der Waals surface area contributed by atoms with Crippen LogP contribution in [-0.2, 0) is 38.0 Å². The summed E-state index contributed by atoms with van der Waals surface area (Å²) in [6.45, 7) is 5.17. The van der Waals surface area contributed by atoms with Gasteiger partial charge in [-0.25, -0.2) is 4.90 Å². The van der Waals surface area contributed by atoms with Crippen LogP contribution >= 0.6 is 0 Å². The van der Waals surface area contributed by atoms with Crippen molar-refractivity contribution in [1.29, 1.82) is 0 Å². The van der Waals surface area contributed by atoms with Crippen molar-refractivity contribution in [2.75, 3.05) is 4.90 Å². The van der Waals surface area contributed by atoms with Gasteiger partial charge in [0.15, 0.2) is 11.6 Å². The maximum Gasteiger partial charge on any atom is 0.416 e. The van der Waals surface area contributed by atoms with Crippen LogP contribution in [0.1, 0.15) is 47.9 Å². The Labute approximate surface area is 258 Å². The Morgan fingerprint density at radius 1 is 0.957 bits per heavy atom. The van der Waals surface area contributed by atoms with E-state index in [4.69, 9.17) is 0 Å². The Bertz CT molecular complexity index is 1810. The van der Waals surface area contributed by atoms with Crippen molar-refractivity contribution >= 4 is 29.1 Å². The molecular formula is C34H25F6NO5. The van der Waals surface area contributed by atoms with Crippen LogP contribution in [0.4, 0.5) is 32.0 Å². The second-order valence-electron chi connectivity index (χ2n) is 11.9. The fourth-order valence-electron chi connectivity index (χ4n) is 7.20. The van der Waals surface area contributed by atoms with Crippen molar-refractivity contribution in [1.82, 2.24) is 0 Å². The number of amides is 2. The number of anilines is 1. The number of carbonyl (C=O) groups excluding carboxylic acids is 4. The number of imide groups is 1. The minimum absolute atomic E-state index is 0.0778. The van der Waals surface area contributed by atoms with Gasteiger partial charge in [-0.2, -0.15) is 26.3 Å². The number of ketones is 2. The van der Waals surface area contributed by atoms with Gasteiger partial charge in [0.05, 0.1) is 28.7 Å². The lowest BCUT2D eigenvalue weighted by Gasteiger charge is -2.42. The smallest absolute Gasteiger partial charge is 0.416 e. The number of phenols is 1. The zero-order chi connectivity index (χ0) is 33.5. The zero-order valence-corrected chi connectivity index (χ0v) is 24.1. The number of carbonyl (C=O) groups is 4. The van der Waals surface area contributed by atoms with Crippen LogP contribution in [0.25, 0.3) is 0 Å². The molecule has 238 valence electrons. The lowest BCUT2D eigenvalue weighted by Crippen LogP contribution is -2.40. The Balaban J connectivity index is 1.49. The molecule has 46 heavy (non-hydrogen) atoms. The number of hydrogen-bond acceptors (Lipinski definition) is 5. The van der Waals surface area contributed by atoms with Crippen molar-refractivity contribution < 1.29 is 50.6 Å². The molecule has 4 unspecified atom stereocenters. The summed E-state index contributed by atoms with van der Waals surface area (Å²) in [6, 6.07) is 5.46. The third kappa shape index (κ3) is 4.81. The second-order valence-corrected chi connectivity index (χ2v) is 11.9. The summed E-state index contributed by atoms with van der Waals surface area (Å²) in [5.74, 6) is -7.37. The van der Waals surface area contributed by atoms with Crippen LogP contribution in [0, 0.1) is 17.8 Å². The van der Waals surface area contributed by atoms with E-state index in [0.29, 0.717) is 28.2 Å². The number of Topliss-reactive ketones (excluding diaryl/α,β-unsaturated/α-hetero) is 1. The number of para-hydroxylation sites is 1. The molecule has 2 amide bonds. The topological polar surface area (TPSA) is 91.8 Å². The van der Waals surface area contributed by atoms with E-state index in [0.717, 1.165) is 6.08 Å². The predicted molar refractivity (Wildman–Crippen MR) is 152 cm³/mol. The summed E-state index contributed by atoms with van der Waals surface area (Å²) >= 11 is 0. The highest BCUT2D eigenvalue weighted by molar-refractivity contribution is 6.25. The molecule has 2 aromatic carbocycles. The Morgan fingerprint density at radius 2 is 1.61 bits per heavy atom. The van der Waals surface area contributed by atoms with Crippen molar-refractivity contribution in [2.24, 2.45) is 17.8 Å². The van der Waals surface area contributed by atoms with E-state index in [-0.39, 0.29) is 53.4 Å². The monoisotopic (exact) mass is 641 g/mol. The molecule has 1 N–H and O–H groups in total. The van der Waals surface area contributed by atoms with Crippen LogP contribution in [0.3, 0.4) is 0 Å². The summed E-state index contributed by atoms with van der Waals surface area (Å²) in [5.41, 5.74) is -2.62. The number of phenolic OH excluding ortho intramolecular Hbond substituents is 1. The standard InChI is InChI=1S/C34H25F6NO5/c1-3-5-16-6-4-7-21(30(16)44)26-20-8-9-22-27(23(20)14-24-25(42)10-15(2)29(43)28(24)26)32(46)41(31(22)45)19-12-17(33(35,36)37)11-18(13-19)34(38,39)40/h3-4,6-8,10-13,22-23,26-27,44H,1,5,9,14H2,2H3. The fraction of sp³-hybridized carbons (Fsp3) is 0.294. The van der Waals surface area contributed by atoms with Crippen LogP contribution in [-0.4, -0.2) is 28.5 Å². The molecule has 1 saturated heterocycles. The van der Waals surface area contributed by atoms with Gasteiger partial charge in [-0.3, -0.25) is 19.2 Å². The SMILES string of the molecule is C=CCc1cccc(C2C3=CCC4C(=O)N(c5cc(C(F)(F)F)cc(C(F)(F)F)c5)C(=O)C4C3CC3=C2C(=O)C(C)=CC3=O)c1O. The number of benzene rings is 2. The van der Waals surface area contributed by atoms with Gasteiger partial charge in [0, 0.05) is 28.2 Å². The number of hydrogen-bond donors (Lipinski definition) is 1. The van der Waals surface area contributed by atoms with Gasteiger partial charge >= 0.3 is 12.4 Å². The molecule has 1 heterocycles. The Kier molecular flexibility index (Phi) is 7.25. The first-order valence-corrected chi connectivity index (χ1v) is 14.3. The van der Waals surface area contributed by atoms with Crippen LogP contribution in [0.5, 0.6) is 5.75 Å². The maximum absolute atomic E-state index is 14.0. The van der Waals surface area contributed by atoms with E-state index in [1.54, 1.807) is 30.4 Å². The highest BCUT2D eigenvalue weighted by Gasteiger charge is 2.57. The molecule has 0 radical (unpaired) electrons. The normalized spacial score (nSPS) is 24.8. The average molecular weight is 642 g/mol. The molecule has 4 aliphatic rings. The Hall–Kier alpha value is -4.74. The molecule has 1 fully saturated rings. The average Bonchev–Trinajstić information content (AvgIpc) is 3.24. The summed E-state index contributed by atoms with van der Waals surface area (Å²) in [5, 5.41) is 11.3. The number of nitrogens with zero attached hydrogens (tertiary/aromatic N) is 1. The molecular weight excluding hydrogens is 616 g/mol. The number of rotatable bonds is 4. The number of allylic oxidation sites excluding steroid dienone is 7. The highest BCUT2D eigenvalue weighted by atomic mass is 19.4. The minimum atomic E-state index is -5.20. The van der Waals surface area contributed by atoms with E-state index in [1.807, 2.05) is 0 Å². The number of aromatic hydroxyl groups is 1. The summed E-state index contributed by atoms with van der Waals surface area (Å²) < 4.78 is 81.9. The lowest BCUT2D eigenvalue weighted by atomic mass is 9.59. The fourth-order valence-corrected chi connectivity index (χ4v) is 7.20. The van der Waals surface area contributed by atoms with Gasteiger partial charge in [0.2, 0.25) is 11.8 Å². The van der Waals surface area contributed by atoms with E-state index < -0.39 is 76.2 Å². The third-order valence-corrected chi connectivity index (χ3v) is 9.22. The first-order chi connectivity index (χ1) is 21.5. The van der Waals surface area contributed by atoms with Gasteiger partial charge in [0.1, 0.15) is 5.75 Å². The molecule has 0 saturated carbocycles. The first-order valence-electron chi connectivity index (χ1n) is 14.3. The van der Waals surface area contributed by atoms with Gasteiger partial charge in [-0.1, -0.05) is 35.9 Å². The number of fused-ring (bicyclic) bond motifs is 3. The van der Waals surface area contributed by atoms with E-state index >= 15 is 0 Å². The largest absolute Gasteiger partial charge is 0.507 e. The van der Waals surface area contributed by atoms with Crippen molar-refractivity contribution in [3.63, 3.8) is 0 Å². The maximum atomic E-state index is 14.0. The molecule has 12 heteroatoms. The second kappa shape index (κ2) is 10.7. The van der Waals surface area contributed by atoms with E-state index in [2.05, 4.69) is 6.58 Å². The molecule has 0 spiro atoms. The highest BCUT2D eigenvalue weighted by Crippen LogP contribution is 2.57. The van der Waals surface area contributed by atoms with Crippen molar-refractivity contribution in [2.45, 2.75) is 44.5 Å². The molecule has 0 bridgehead atoms. The van der Waals surface area contributed by atoms with Crippen LogP contribution in [0.15, 0.2) is 83.5 Å². The molecule has 3 aliphatic carbocycles. The molecule has 0 aromatic heterocycles. The molecule has 2 aromatic rings. The van der Waals surface area contributed by atoms with E-state index in [1.165, 1.54) is 6.92 Å². The third-order valence-electron chi connectivity index (χ3n) is 9.22. The van der Waals surface area contributed by atoms with Crippen LogP contribution < -0.4 is 4.90 Å². The number of alkyl halides is 6. The van der Waals surface area contributed by atoms with Crippen molar-refractivity contribution in [3.05, 3.63) is 106 Å². The zero-order valence-electron chi connectivity index (χ0n) is 24.1. The van der Waals surface area contributed by atoms with Gasteiger partial charge in [-0.15, -0.1) is 6.58 Å². The minimum Gasteiger partial charge on any atom is -0.507 e. The van der Waals surface area contributed by atoms with Gasteiger partial charge in [-0.05, 0) is 61.9 Å². The van der Waals surface area contributed by atoms with E-state index in [9.17, 15) is 50.6 Å². The lowest BCUT2D eigenvalue weighted by molar-refractivity contribution is -0.143. The number of halogens is 6. The molecule has 6 rings (SSSR count). The quantitative estimate of drug-likeness (QED) is 0.172. The summed E-state index contributed by atoms with van der Waals surface area (Å²) in [6.07, 6.45) is -6.04.